The molecule has 4 atom stereocenters. The Morgan fingerprint density at radius 1 is 1.32 bits per heavy atom. The molecule has 0 spiro atoms. The van der Waals surface area contributed by atoms with Crippen LogP contribution in [0, 0.1) is 17.8 Å². The van der Waals surface area contributed by atoms with Gasteiger partial charge >= 0.3 is 5.97 Å². The molecule has 28 heavy (non-hydrogen) atoms. The lowest BCUT2D eigenvalue weighted by Gasteiger charge is -2.39. The van der Waals surface area contributed by atoms with Crippen molar-refractivity contribution in [3.05, 3.63) is 39.8 Å². The van der Waals surface area contributed by atoms with Crippen LogP contribution in [0.5, 0.6) is 0 Å². The first kappa shape index (κ1) is 19.4. The van der Waals surface area contributed by atoms with Crippen LogP contribution in [0.2, 0.25) is 0 Å². The Morgan fingerprint density at radius 3 is 2.71 bits per heavy atom. The van der Waals surface area contributed by atoms with Gasteiger partial charge in [-0.15, -0.1) is 0 Å². The van der Waals surface area contributed by atoms with Crippen LogP contribution in [0.1, 0.15) is 49.9 Å². The number of ether oxygens (including phenoxy) is 1. The number of esters is 1. The minimum absolute atomic E-state index is 0.0201. The highest BCUT2D eigenvalue weighted by Gasteiger charge is 2.56. The fourth-order valence-electron chi connectivity index (χ4n) is 5.69. The summed E-state index contributed by atoms with van der Waals surface area (Å²) < 4.78 is 6.95. The molecule has 152 valence electrons. The zero-order valence-electron chi connectivity index (χ0n) is 16.7. The first-order valence-electron chi connectivity index (χ1n) is 10.4. The average Bonchev–Trinajstić information content (AvgIpc) is 3.28. The number of fused-ring (bicyclic) bond motifs is 4. The largest absolute Gasteiger partial charge is 0.469 e. The summed E-state index contributed by atoms with van der Waals surface area (Å²) in [4.78, 5) is 28.1. The van der Waals surface area contributed by atoms with Crippen LogP contribution in [-0.2, 0) is 16.1 Å². The van der Waals surface area contributed by atoms with Crippen molar-refractivity contribution < 1.29 is 14.6 Å². The van der Waals surface area contributed by atoms with Gasteiger partial charge in [-0.2, -0.15) is 0 Å². The number of carbonyl (C=O) groups excluding carboxylic acids is 1. The number of aliphatic hydroxyl groups excluding tert-OH is 1. The fraction of sp³-hybridized carbons (Fsp3) is 0.636. The van der Waals surface area contributed by atoms with E-state index in [9.17, 15) is 14.7 Å². The second-order valence-electron chi connectivity index (χ2n) is 8.38. The summed E-state index contributed by atoms with van der Waals surface area (Å²) in [5, 5.41) is 10.2. The fourth-order valence-corrected chi connectivity index (χ4v) is 5.69. The zero-order valence-corrected chi connectivity index (χ0v) is 16.7. The summed E-state index contributed by atoms with van der Waals surface area (Å²) in [7, 11) is 1.41. The molecule has 0 aromatic carbocycles. The molecule has 1 aliphatic carbocycles. The topological polar surface area (TPSA) is 71.8 Å². The molecule has 1 aromatic rings. The Labute approximate surface area is 165 Å². The van der Waals surface area contributed by atoms with E-state index in [1.807, 2.05) is 35.8 Å². The van der Waals surface area contributed by atoms with Crippen molar-refractivity contribution in [3.63, 3.8) is 0 Å². The van der Waals surface area contributed by atoms with E-state index in [-0.39, 0.29) is 36.1 Å². The summed E-state index contributed by atoms with van der Waals surface area (Å²) in [6.07, 6.45) is 8.65. The summed E-state index contributed by atoms with van der Waals surface area (Å²) >= 11 is 0. The molecule has 6 nitrogen and oxygen atoms in total. The number of aliphatic hydroxyl groups is 1. The van der Waals surface area contributed by atoms with E-state index in [2.05, 4.69) is 4.90 Å². The number of methoxy groups -OCH3 is 1. The molecule has 0 amide bonds. The lowest BCUT2D eigenvalue weighted by atomic mass is 9.87. The predicted octanol–water partition coefficient (Wildman–Crippen LogP) is 2.21. The second-order valence-corrected chi connectivity index (χ2v) is 8.38. The van der Waals surface area contributed by atoms with Crippen LogP contribution >= 0.6 is 0 Å². The first-order chi connectivity index (χ1) is 13.6. The molecule has 1 saturated heterocycles. The monoisotopic (exact) mass is 386 g/mol. The van der Waals surface area contributed by atoms with Crippen molar-refractivity contribution in [2.45, 2.75) is 51.2 Å². The molecule has 1 aromatic heterocycles. The molecular formula is C22H30N2O4. The van der Waals surface area contributed by atoms with E-state index in [4.69, 9.17) is 4.74 Å². The van der Waals surface area contributed by atoms with E-state index in [1.54, 1.807) is 0 Å². The van der Waals surface area contributed by atoms with Crippen LogP contribution in [0.15, 0.2) is 23.0 Å². The Kier molecular flexibility index (Phi) is 5.43. The number of rotatable bonds is 5. The van der Waals surface area contributed by atoms with Gasteiger partial charge in [0, 0.05) is 42.9 Å². The molecule has 3 aliphatic rings. The highest BCUT2D eigenvalue weighted by molar-refractivity contribution is 5.74. The van der Waals surface area contributed by atoms with Gasteiger partial charge in [-0.25, -0.2) is 0 Å². The Morgan fingerprint density at radius 2 is 2.07 bits per heavy atom. The lowest BCUT2D eigenvalue weighted by Crippen LogP contribution is -2.48. The quantitative estimate of drug-likeness (QED) is 0.786. The van der Waals surface area contributed by atoms with Gasteiger partial charge in [0.15, 0.2) is 0 Å². The summed E-state index contributed by atoms with van der Waals surface area (Å²) in [5.74, 6) is -0.326. The SMILES string of the molecule is C/C=C/c1ccc2n(c1=O)C[C@H]1[C@H](CO)[C@@H](C(=O)OC)[C@@H]2N1CC1CCCC1. The van der Waals surface area contributed by atoms with Crippen molar-refractivity contribution >= 4 is 12.0 Å². The minimum atomic E-state index is -0.442. The number of aromatic nitrogens is 1. The maximum absolute atomic E-state index is 13.0. The van der Waals surface area contributed by atoms with Crippen molar-refractivity contribution in [3.8, 4) is 0 Å². The predicted molar refractivity (Wildman–Crippen MR) is 107 cm³/mol. The van der Waals surface area contributed by atoms with Crippen LogP contribution in [-0.4, -0.2) is 46.8 Å². The van der Waals surface area contributed by atoms with Crippen LogP contribution in [0.25, 0.3) is 6.08 Å². The van der Waals surface area contributed by atoms with Gasteiger partial charge in [0.05, 0.1) is 19.1 Å². The van der Waals surface area contributed by atoms with Crippen molar-refractivity contribution in [1.82, 2.24) is 9.47 Å². The molecular weight excluding hydrogens is 356 g/mol. The van der Waals surface area contributed by atoms with Gasteiger partial charge in [-0.05, 0) is 37.8 Å². The molecule has 1 saturated carbocycles. The van der Waals surface area contributed by atoms with Gasteiger partial charge < -0.3 is 14.4 Å². The smallest absolute Gasteiger partial charge is 0.311 e. The standard InChI is InChI=1S/C22H30N2O4/c1-3-6-15-9-10-17-20-19(22(27)28-2)16(13-25)18(12-24(17)21(15)26)23(20)11-14-7-4-5-8-14/h3,6,9-10,14,16,18-20,25H,4-5,7-8,11-13H2,1-2H3/b6-3+/t16-,18-,19+,20+/m0/s1. The van der Waals surface area contributed by atoms with Gasteiger partial charge in [0.25, 0.3) is 5.56 Å². The zero-order chi connectivity index (χ0) is 19.8. The van der Waals surface area contributed by atoms with E-state index in [0.717, 1.165) is 12.2 Å². The molecule has 2 fully saturated rings. The average molecular weight is 386 g/mol. The maximum Gasteiger partial charge on any atom is 0.311 e. The second kappa shape index (κ2) is 7.84. The van der Waals surface area contributed by atoms with Crippen LogP contribution < -0.4 is 5.56 Å². The van der Waals surface area contributed by atoms with E-state index < -0.39 is 5.92 Å². The molecule has 2 bridgehead atoms. The maximum atomic E-state index is 13.0. The third-order valence-corrected chi connectivity index (χ3v) is 6.96. The van der Waals surface area contributed by atoms with Crippen molar-refractivity contribution in [1.29, 1.82) is 0 Å². The third-order valence-electron chi connectivity index (χ3n) is 6.96. The normalized spacial score (nSPS) is 30.1. The highest BCUT2D eigenvalue weighted by Crippen LogP contribution is 2.49. The highest BCUT2D eigenvalue weighted by atomic mass is 16.5. The van der Waals surface area contributed by atoms with E-state index in [1.165, 1.54) is 32.8 Å². The molecule has 3 heterocycles. The number of nitrogens with zero attached hydrogens (tertiary/aromatic N) is 2. The molecule has 2 aliphatic heterocycles. The Bertz CT molecular complexity index is 824. The summed E-state index contributed by atoms with van der Waals surface area (Å²) in [6.45, 7) is 3.25. The molecule has 0 unspecified atom stereocenters. The third kappa shape index (κ3) is 3.03. The van der Waals surface area contributed by atoms with Gasteiger partial charge in [0.2, 0.25) is 0 Å². The van der Waals surface area contributed by atoms with Crippen LogP contribution in [0.3, 0.4) is 0 Å². The lowest BCUT2D eigenvalue weighted by molar-refractivity contribution is -0.148. The summed E-state index contributed by atoms with van der Waals surface area (Å²) in [5.41, 5.74) is 1.51. The minimum Gasteiger partial charge on any atom is -0.469 e. The van der Waals surface area contributed by atoms with E-state index in [0.29, 0.717) is 18.0 Å². The van der Waals surface area contributed by atoms with Crippen molar-refractivity contribution in [2.75, 3.05) is 20.3 Å². The van der Waals surface area contributed by atoms with Gasteiger partial charge in [-0.3, -0.25) is 14.5 Å². The first-order valence-corrected chi connectivity index (χ1v) is 10.4. The Hall–Kier alpha value is -1.92. The molecule has 0 radical (unpaired) electrons. The number of pyridine rings is 1. The van der Waals surface area contributed by atoms with Crippen LogP contribution in [0.4, 0.5) is 0 Å². The number of carbonyl (C=O) groups is 1. The number of allylic oxidation sites excluding steroid dienone is 1. The van der Waals surface area contributed by atoms with Gasteiger partial charge in [0.1, 0.15) is 0 Å². The summed E-state index contributed by atoms with van der Waals surface area (Å²) in [6, 6.07) is 3.60. The Balaban J connectivity index is 1.80. The number of hydrogen-bond acceptors (Lipinski definition) is 5. The van der Waals surface area contributed by atoms with Gasteiger partial charge in [-0.1, -0.05) is 25.0 Å². The van der Waals surface area contributed by atoms with Crippen molar-refractivity contribution in [2.24, 2.45) is 17.8 Å². The molecule has 4 rings (SSSR count). The number of hydrogen-bond donors (Lipinski definition) is 1. The molecule has 1 N–H and O–H groups in total. The van der Waals surface area contributed by atoms with E-state index >= 15 is 0 Å². The molecule has 6 heteroatoms.